The quantitative estimate of drug-likeness (QED) is 0.766. The Balaban J connectivity index is 1.96. The minimum absolute atomic E-state index is 0.325. The molecule has 0 unspecified atom stereocenters. The number of para-hydroxylation sites is 1. The van der Waals surface area contributed by atoms with Crippen molar-refractivity contribution in [2.75, 3.05) is 0 Å². The molecule has 2 aromatic carbocycles. The fraction of sp³-hybridized carbons (Fsp3) is 0.211. The minimum Gasteiger partial charge on any atom is -0.487 e. The van der Waals surface area contributed by atoms with E-state index in [0.29, 0.717) is 18.7 Å². The number of aromatic carboxylic acids is 1. The molecule has 0 aliphatic carbocycles. The second-order valence-electron chi connectivity index (χ2n) is 5.53. The maximum atomic E-state index is 11.5. The molecule has 0 spiro atoms. The lowest BCUT2D eigenvalue weighted by atomic mass is 10.1. The molecule has 4 nitrogen and oxygen atoms in total. The van der Waals surface area contributed by atoms with Crippen LogP contribution in [0.4, 0.5) is 0 Å². The van der Waals surface area contributed by atoms with Gasteiger partial charge in [-0.05, 0) is 38.1 Å². The predicted octanol–water partition coefficient (Wildman–Crippen LogP) is 4.25. The van der Waals surface area contributed by atoms with Crippen molar-refractivity contribution in [2.45, 2.75) is 27.0 Å². The second kappa shape index (κ2) is 6.16. The Hall–Kier alpha value is -2.75. The number of carboxylic acids is 1. The first-order valence-corrected chi connectivity index (χ1v) is 7.64. The van der Waals surface area contributed by atoms with Crippen LogP contribution in [0.25, 0.3) is 10.9 Å². The summed E-state index contributed by atoms with van der Waals surface area (Å²) >= 11 is 0. The summed E-state index contributed by atoms with van der Waals surface area (Å²) in [5, 5.41) is 10.3. The molecule has 1 N–H and O–H groups in total. The van der Waals surface area contributed by atoms with Crippen LogP contribution in [0.5, 0.6) is 5.75 Å². The number of carboxylic acid groups (broad SMARTS) is 1. The van der Waals surface area contributed by atoms with Crippen LogP contribution < -0.4 is 4.74 Å². The first kappa shape index (κ1) is 15.2. The Morgan fingerprint density at radius 3 is 2.57 bits per heavy atom. The topological polar surface area (TPSA) is 51.5 Å². The van der Waals surface area contributed by atoms with Crippen LogP contribution in [0.1, 0.15) is 28.5 Å². The minimum atomic E-state index is -0.908. The molecule has 118 valence electrons. The van der Waals surface area contributed by atoms with Crippen molar-refractivity contribution in [1.29, 1.82) is 0 Å². The average Bonchev–Trinajstić information content (AvgIpc) is 2.91. The van der Waals surface area contributed by atoms with Gasteiger partial charge in [0.25, 0.3) is 0 Å². The van der Waals surface area contributed by atoms with Gasteiger partial charge in [-0.15, -0.1) is 0 Å². The Morgan fingerprint density at radius 2 is 1.91 bits per heavy atom. The van der Waals surface area contributed by atoms with Crippen LogP contribution in [0.15, 0.2) is 48.5 Å². The number of benzene rings is 2. The third-order valence-corrected chi connectivity index (χ3v) is 3.96. The van der Waals surface area contributed by atoms with E-state index in [1.807, 2.05) is 54.8 Å². The number of hydrogen-bond donors (Lipinski definition) is 1. The Bertz CT molecular complexity index is 847. The van der Waals surface area contributed by atoms with Crippen LogP contribution in [-0.4, -0.2) is 15.6 Å². The molecule has 0 amide bonds. The molecule has 3 rings (SSSR count). The maximum Gasteiger partial charge on any atom is 0.337 e. The molecule has 1 aromatic heterocycles. The van der Waals surface area contributed by atoms with E-state index in [9.17, 15) is 9.90 Å². The van der Waals surface area contributed by atoms with Gasteiger partial charge in [-0.3, -0.25) is 0 Å². The van der Waals surface area contributed by atoms with Gasteiger partial charge in [0.15, 0.2) is 0 Å². The van der Waals surface area contributed by atoms with Crippen molar-refractivity contribution in [3.63, 3.8) is 0 Å². The van der Waals surface area contributed by atoms with Gasteiger partial charge in [-0.1, -0.05) is 29.8 Å². The van der Waals surface area contributed by atoms with E-state index in [-0.39, 0.29) is 0 Å². The molecule has 1 heterocycles. The van der Waals surface area contributed by atoms with Crippen molar-refractivity contribution in [3.8, 4) is 5.75 Å². The summed E-state index contributed by atoms with van der Waals surface area (Å²) in [7, 11) is 0. The van der Waals surface area contributed by atoms with Gasteiger partial charge in [-0.2, -0.15) is 0 Å². The third kappa shape index (κ3) is 2.93. The molecule has 0 bridgehead atoms. The highest BCUT2D eigenvalue weighted by Crippen LogP contribution is 2.25. The lowest BCUT2D eigenvalue weighted by Gasteiger charge is -2.11. The number of rotatable bonds is 5. The van der Waals surface area contributed by atoms with E-state index >= 15 is 0 Å². The number of fused-ring (bicyclic) bond motifs is 1. The molecule has 3 aromatic rings. The van der Waals surface area contributed by atoms with E-state index in [1.54, 1.807) is 12.1 Å². The zero-order valence-electron chi connectivity index (χ0n) is 13.2. The van der Waals surface area contributed by atoms with Crippen LogP contribution >= 0.6 is 0 Å². The van der Waals surface area contributed by atoms with E-state index in [4.69, 9.17) is 4.74 Å². The second-order valence-corrected chi connectivity index (χ2v) is 5.53. The highest BCUT2D eigenvalue weighted by Gasteiger charge is 2.15. The molecule has 0 aliphatic heterocycles. The SMILES string of the molecule is CCn1c(COc2ccc(C)cc2)cc2cccc(C(=O)O)c21. The Kier molecular flexibility index (Phi) is 4.06. The van der Waals surface area contributed by atoms with E-state index in [0.717, 1.165) is 22.3 Å². The molecule has 23 heavy (non-hydrogen) atoms. The summed E-state index contributed by atoms with van der Waals surface area (Å²) < 4.78 is 7.86. The van der Waals surface area contributed by atoms with Crippen molar-refractivity contribution in [3.05, 3.63) is 65.4 Å². The molecule has 0 radical (unpaired) electrons. The average molecular weight is 309 g/mol. The van der Waals surface area contributed by atoms with E-state index in [2.05, 4.69) is 0 Å². The summed E-state index contributed by atoms with van der Waals surface area (Å²) in [6, 6.07) is 15.2. The monoisotopic (exact) mass is 309 g/mol. The van der Waals surface area contributed by atoms with Crippen LogP contribution in [0, 0.1) is 6.92 Å². The van der Waals surface area contributed by atoms with E-state index in [1.165, 1.54) is 5.56 Å². The van der Waals surface area contributed by atoms with Gasteiger partial charge in [0.2, 0.25) is 0 Å². The summed E-state index contributed by atoms with van der Waals surface area (Å²) in [6.45, 7) is 5.14. The zero-order chi connectivity index (χ0) is 16.4. The number of nitrogens with zero attached hydrogens (tertiary/aromatic N) is 1. The normalized spacial score (nSPS) is 10.9. The number of carbonyl (C=O) groups is 1. The van der Waals surface area contributed by atoms with Gasteiger partial charge in [0.1, 0.15) is 12.4 Å². The first-order chi connectivity index (χ1) is 11.1. The fourth-order valence-electron chi connectivity index (χ4n) is 2.83. The molecule has 0 atom stereocenters. The molecular weight excluding hydrogens is 290 g/mol. The van der Waals surface area contributed by atoms with Crippen LogP contribution in [0.2, 0.25) is 0 Å². The maximum absolute atomic E-state index is 11.5. The molecule has 0 aliphatic rings. The fourth-order valence-corrected chi connectivity index (χ4v) is 2.83. The smallest absolute Gasteiger partial charge is 0.337 e. The Labute approximate surface area is 134 Å². The molecular formula is C19H19NO3. The molecule has 0 saturated carbocycles. The highest BCUT2D eigenvalue weighted by atomic mass is 16.5. The van der Waals surface area contributed by atoms with Gasteiger partial charge in [-0.25, -0.2) is 4.79 Å². The lowest BCUT2D eigenvalue weighted by molar-refractivity contribution is 0.0698. The number of aromatic nitrogens is 1. The van der Waals surface area contributed by atoms with Gasteiger partial charge in [0.05, 0.1) is 16.8 Å². The standard InChI is InChI=1S/C19H19NO3/c1-3-20-15(12-23-16-9-7-13(2)8-10-16)11-14-5-4-6-17(18(14)20)19(21)22/h4-11H,3,12H2,1-2H3,(H,21,22). The number of aryl methyl sites for hydroxylation is 2. The van der Waals surface area contributed by atoms with Crippen molar-refractivity contribution in [1.82, 2.24) is 4.57 Å². The highest BCUT2D eigenvalue weighted by molar-refractivity contribution is 6.02. The summed E-state index contributed by atoms with van der Waals surface area (Å²) in [6.07, 6.45) is 0. The van der Waals surface area contributed by atoms with Crippen LogP contribution in [0.3, 0.4) is 0 Å². The zero-order valence-corrected chi connectivity index (χ0v) is 13.2. The number of ether oxygens (including phenoxy) is 1. The Morgan fingerprint density at radius 1 is 1.17 bits per heavy atom. The third-order valence-electron chi connectivity index (χ3n) is 3.96. The van der Waals surface area contributed by atoms with Crippen molar-refractivity contribution < 1.29 is 14.6 Å². The summed E-state index contributed by atoms with van der Waals surface area (Å²) in [5.41, 5.74) is 3.24. The first-order valence-electron chi connectivity index (χ1n) is 7.64. The van der Waals surface area contributed by atoms with Crippen molar-refractivity contribution >= 4 is 16.9 Å². The molecule has 0 saturated heterocycles. The van der Waals surface area contributed by atoms with Gasteiger partial charge >= 0.3 is 5.97 Å². The summed E-state index contributed by atoms with van der Waals surface area (Å²) in [4.78, 5) is 11.5. The number of hydrogen-bond acceptors (Lipinski definition) is 2. The van der Waals surface area contributed by atoms with Crippen LogP contribution in [-0.2, 0) is 13.2 Å². The van der Waals surface area contributed by atoms with Gasteiger partial charge in [0, 0.05) is 11.9 Å². The van der Waals surface area contributed by atoms with E-state index < -0.39 is 5.97 Å². The largest absolute Gasteiger partial charge is 0.487 e. The lowest BCUT2D eigenvalue weighted by Crippen LogP contribution is -2.07. The molecule has 0 fully saturated rings. The van der Waals surface area contributed by atoms with Crippen molar-refractivity contribution in [2.24, 2.45) is 0 Å². The summed E-state index contributed by atoms with van der Waals surface area (Å²) in [5.74, 6) is -0.101. The predicted molar refractivity (Wildman–Crippen MR) is 90.1 cm³/mol. The van der Waals surface area contributed by atoms with Gasteiger partial charge < -0.3 is 14.4 Å². The molecule has 4 heteroatoms.